The molecule has 0 aromatic heterocycles. The minimum Gasteiger partial charge on any atom is -0.386 e. The van der Waals surface area contributed by atoms with Gasteiger partial charge in [-0.3, -0.25) is 0 Å². The zero-order chi connectivity index (χ0) is 33.0. The van der Waals surface area contributed by atoms with E-state index in [2.05, 4.69) is 96.0 Å². The Hall–Kier alpha value is -0.260. The van der Waals surface area contributed by atoms with Crippen molar-refractivity contribution in [3.63, 3.8) is 0 Å². The molecule has 0 bridgehead atoms. The van der Waals surface area contributed by atoms with Crippen LogP contribution < -0.4 is 0 Å². The van der Waals surface area contributed by atoms with Crippen molar-refractivity contribution < 1.29 is 9.63 Å². The van der Waals surface area contributed by atoms with E-state index in [9.17, 15) is 5.11 Å². The summed E-state index contributed by atoms with van der Waals surface area (Å²) < 4.78 is 5.47. The van der Waals surface area contributed by atoms with E-state index in [1.165, 1.54) is 69.8 Å². The minimum absolute atomic E-state index is 0.329. The molecular weight excluding hydrogens is 574 g/mol. The average molecular weight is 645 g/mol. The molecule has 4 heteroatoms. The van der Waals surface area contributed by atoms with Gasteiger partial charge in [-0.1, -0.05) is 91.5 Å². The van der Waals surface area contributed by atoms with Gasteiger partial charge in [-0.15, -0.1) is 6.58 Å². The van der Waals surface area contributed by atoms with Gasteiger partial charge in [-0.25, -0.2) is 0 Å². The van der Waals surface area contributed by atoms with E-state index in [4.69, 9.17) is 4.52 Å². The highest BCUT2D eigenvalue weighted by Crippen LogP contribution is 2.63. The Bertz CT molecular complexity index is 1070. The molecule has 0 spiro atoms. The van der Waals surface area contributed by atoms with Crippen molar-refractivity contribution >= 4 is 17.4 Å². The van der Waals surface area contributed by atoms with Crippen molar-refractivity contribution in [1.29, 1.82) is 0 Å². The van der Waals surface area contributed by atoms with Gasteiger partial charge < -0.3 is 9.63 Å². The molecule has 2 nitrogen and oxygen atoms in total. The Morgan fingerprint density at radius 1 is 0.955 bits per heavy atom. The van der Waals surface area contributed by atoms with Crippen molar-refractivity contribution in [1.82, 2.24) is 0 Å². The molecule has 2 saturated carbocycles. The van der Waals surface area contributed by atoms with Crippen LogP contribution in [0.1, 0.15) is 146 Å². The molecule has 2 fully saturated rings. The lowest BCUT2D eigenvalue weighted by Crippen LogP contribution is -2.50. The van der Waals surface area contributed by atoms with E-state index in [-0.39, 0.29) is 0 Å². The molecule has 0 aromatic rings. The van der Waals surface area contributed by atoms with Gasteiger partial charge in [0.2, 0.25) is 0 Å². The minimum atomic E-state index is -0.726. The van der Waals surface area contributed by atoms with Crippen LogP contribution in [0.15, 0.2) is 47.6 Å². The summed E-state index contributed by atoms with van der Waals surface area (Å²) in [6, 6.07) is 0. The van der Waals surface area contributed by atoms with Gasteiger partial charge in [-0.2, -0.15) is 0 Å². The molecule has 0 aliphatic heterocycles. The first-order valence-electron chi connectivity index (χ1n) is 17.9. The van der Waals surface area contributed by atoms with Crippen LogP contribution in [0.3, 0.4) is 0 Å². The fraction of sp³-hybridized carbons (Fsp3) is 0.800. The quantitative estimate of drug-likeness (QED) is 0.146. The third kappa shape index (κ3) is 8.05. The van der Waals surface area contributed by atoms with Gasteiger partial charge in [0.25, 0.3) is 0 Å². The van der Waals surface area contributed by atoms with Gasteiger partial charge in [0, 0.05) is 8.50 Å². The van der Waals surface area contributed by atoms with Crippen LogP contribution in [0, 0.1) is 45.3 Å². The molecule has 4 aliphatic rings. The molecule has 4 rings (SSSR count). The first-order valence-corrected chi connectivity index (χ1v) is 20.7. The maximum Gasteiger partial charge on any atom is 0.0797 e. The molecule has 0 aromatic carbocycles. The highest BCUT2D eigenvalue weighted by atomic mass is 32.0. The van der Waals surface area contributed by atoms with Crippen LogP contribution in [-0.4, -0.2) is 17.3 Å². The topological polar surface area (TPSA) is 29.5 Å². The second-order valence-corrected chi connectivity index (χ2v) is 18.0. The monoisotopic (exact) mass is 644 g/mol. The first kappa shape index (κ1) is 38.2. The SMILES string of the molecule is C=C[C@@](C)(O)CCC1(C)C(C)CCC2(C)C(C)=CCCC21.CC1=CCCC2C1(C)CCC(C)C2(C)CC/C(C)=C\COPP. The molecule has 0 saturated heterocycles. The lowest BCUT2D eigenvalue weighted by atomic mass is 9.47. The predicted octanol–water partition coefficient (Wildman–Crippen LogP) is 12.4. The summed E-state index contributed by atoms with van der Waals surface area (Å²) in [6.07, 6.45) is 24.0. The zero-order valence-electron chi connectivity index (χ0n) is 30.5. The molecule has 252 valence electrons. The third-order valence-corrected chi connectivity index (χ3v) is 15.3. The van der Waals surface area contributed by atoms with E-state index < -0.39 is 5.60 Å². The fourth-order valence-corrected chi connectivity index (χ4v) is 10.6. The van der Waals surface area contributed by atoms with Crippen LogP contribution in [0.2, 0.25) is 0 Å². The van der Waals surface area contributed by atoms with Gasteiger partial charge >= 0.3 is 0 Å². The van der Waals surface area contributed by atoms with Crippen molar-refractivity contribution in [3.05, 3.63) is 47.6 Å². The smallest absolute Gasteiger partial charge is 0.0797 e. The Kier molecular flexibility index (Phi) is 13.3. The van der Waals surface area contributed by atoms with E-state index in [1.54, 1.807) is 17.2 Å². The number of hydrogen-bond donors (Lipinski definition) is 1. The van der Waals surface area contributed by atoms with Crippen LogP contribution in [-0.2, 0) is 4.52 Å². The summed E-state index contributed by atoms with van der Waals surface area (Å²) in [5.74, 6) is 3.17. The summed E-state index contributed by atoms with van der Waals surface area (Å²) in [4.78, 5) is 0. The number of aliphatic hydroxyl groups is 1. The number of fused-ring (bicyclic) bond motifs is 2. The molecule has 0 radical (unpaired) electrons. The lowest BCUT2D eigenvalue weighted by molar-refractivity contribution is -0.0582. The Morgan fingerprint density at radius 2 is 1.43 bits per heavy atom. The molecule has 1 N–H and O–H groups in total. The normalized spacial score (nSPS) is 40.6. The van der Waals surface area contributed by atoms with Gasteiger partial charge in [0.1, 0.15) is 0 Å². The van der Waals surface area contributed by atoms with E-state index >= 15 is 0 Å². The van der Waals surface area contributed by atoms with Crippen LogP contribution in [0.4, 0.5) is 0 Å². The van der Waals surface area contributed by atoms with Crippen LogP contribution >= 0.6 is 17.4 Å². The van der Waals surface area contributed by atoms with E-state index in [0.717, 1.165) is 43.1 Å². The third-order valence-electron chi connectivity index (χ3n) is 14.5. The predicted molar refractivity (Wildman–Crippen MR) is 199 cm³/mol. The second kappa shape index (κ2) is 15.3. The Morgan fingerprint density at radius 3 is 1.89 bits per heavy atom. The van der Waals surface area contributed by atoms with Gasteiger partial charge in [0.15, 0.2) is 0 Å². The highest BCUT2D eigenvalue weighted by molar-refractivity contribution is 8.00. The summed E-state index contributed by atoms with van der Waals surface area (Å²) in [7, 11) is 3.16. The summed E-state index contributed by atoms with van der Waals surface area (Å²) in [5, 5.41) is 10.3. The average Bonchev–Trinajstić information content (AvgIpc) is 2.98. The molecule has 0 amide bonds. The highest BCUT2D eigenvalue weighted by Gasteiger charge is 2.54. The molecular formula is C40H70O2P2. The fourth-order valence-electron chi connectivity index (χ4n) is 10.1. The number of rotatable bonds is 10. The number of allylic oxidation sites excluding steroid dienone is 5. The second-order valence-electron chi connectivity index (χ2n) is 16.8. The van der Waals surface area contributed by atoms with Gasteiger partial charge in [0.05, 0.1) is 12.2 Å². The van der Waals surface area contributed by atoms with E-state index in [0.29, 0.717) is 30.2 Å². The Labute approximate surface area is 277 Å². The maximum atomic E-state index is 10.3. The summed E-state index contributed by atoms with van der Waals surface area (Å²) in [6.45, 7) is 28.5. The lowest BCUT2D eigenvalue weighted by Gasteiger charge is -2.58. The summed E-state index contributed by atoms with van der Waals surface area (Å²) in [5.41, 5.74) is 5.66. The van der Waals surface area contributed by atoms with Crippen LogP contribution in [0.25, 0.3) is 0 Å². The van der Waals surface area contributed by atoms with Crippen molar-refractivity contribution in [2.75, 3.05) is 6.61 Å². The molecule has 10 unspecified atom stereocenters. The number of hydrogen-bond acceptors (Lipinski definition) is 2. The maximum absolute atomic E-state index is 10.3. The van der Waals surface area contributed by atoms with Crippen molar-refractivity contribution in [2.45, 2.75) is 152 Å². The van der Waals surface area contributed by atoms with Crippen LogP contribution in [0.5, 0.6) is 0 Å². The molecule has 0 heterocycles. The van der Waals surface area contributed by atoms with Crippen molar-refractivity contribution in [3.8, 4) is 0 Å². The largest absolute Gasteiger partial charge is 0.386 e. The standard InChI is InChI=1S/C20H36OP2.C20H34O/c1-15(11-14-21-23-22)9-12-19(4)17(3)10-13-20(5)16(2)7-6-8-18(19)20;1-7-18(4,21)13-14-20(6)16(3)11-12-19(5)15(2)9-8-10-17(19)20/h7,11,17-18,23H,6,8-10,12-14,22H2,1-5H3;7,9,16-17,21H,1,8,10-14H2,2-6H3/b15-11-;/t;16?,17?,18-,19?,20?/m.1/s1. The van der Waals surface area contributed by atoms with E-state index in [1.807, 2.05) is 6.92 Å². The Balaban J connectivity index is 0.000000241. The summed E-state index contributed by atoms with van der Waals surface area (Å²) >= 11 is 0. The molecule has 11 atom stereocenters. The molecule has 44 heavy (non-hydrogen) atoms. The van der Waals surface area contributed by atoms with Crippen molar-refractivity contribution in [2.24, 2.45) is 45.3 Å². The zero-order valence-corrected chi connectivity index (χ0v) is 32.6. The first-order chi connectivity index (χ1) is 20.5. The molecule has 4 aliphatic carbocycles. The van der Waals surface area contributed by atoms with Gasteiger partial charge in [-0.05, 0) is 150 Å².